The van der Waals surface area contributed by atoms with Crippen molar-refractivity contribution >= 4 is 92.9 Å². The van der Waals surface area contributed by atoms with Gasteiger partial charge in [-0.25, -0.2) is 14.0 Å². The van der Waals surface area contributed by atoms with Crippen LogP contribution < -0.4 is 41.7 Å². The van der Waals surface area contributed by atoms with Crippen LogP contribution in [0.1, 0.15) is 92.2 Å². The lowest BCUT2D eigenvalue weighted by Gasteiger charge is -2.29. The van der Waals surface area contributed by atoms with Crippen LogP contribution in [0.15, 0.2) is 48.5 Å². The summed E-state index contributed by atoms with van der Waals surface area (Å²) in [5, 5.41) is 15.7. The number of fused-ring (bicyclic) bond motifs is 2. The third-order valence-corrected chi connectivity index (χ3v) is 14.2. The van der Waals surface area contributed by atoms with Gasteiger partial charge in [-0.15, -0.1) is 22.7 Å². The summed E-state index contributed by atoms with van der Waals surface area (Å²) in [6.45, 7) is 8.40. The molecule has 2 aromatic heterocycles. The number of halogens is 1. The molecule has 4 aliphatic heterocycles. The van der Waals surface area contributed by atoms with Crippen LogP contribution in [0.5, 0.6) is 0 Å². The topological polar surface area (TPSA) is 222 Å². The van der Waals surface area contributed by atoms with Crippen molar-refractivity contribution < 1.29 is 42.7 Å². The van der Waals surface area contributed by atoms with Gasteiger partial charge < -0.3 is 40.9 Å². The van der Waals surface area contributed by atoms with E-state index in [2.05, 4.69) is 38.8 Å². The van der Waals surface area contributed by atoms with E-state index in [1.807, 2.05) is 68.1 Å². The number of piperidine rings is 2. The number of carbonyl (C=O) groups excluding carboxylic acids is 8. The van der Waals surface area contributed by atoms with Crippen LogP contribution >= 0.6 is 22.7 Å². The Labute approximate surface area is 394 Å². The zero-order valence-electron chi connectivity index (χ0n) is 37.8. The average Bonchev–Trinajstić information content (AvgIpc) is 4.05. The van der Waals surface area contributed by atoms with E-state index < -0.39 is 29.9 Å². The third-order valence-electron chi connectivity index (χ3n) is 11.8. The molecule has 2 aromatic carbocycles. The molecular weight excluding hydrogens is 904 g/mol. The maximum absolute atomic E-state index is 14.2. The minimum absolute atomic E-state index is 0.201. The van der Waals surface area contributed by atoms with Crippen LogP contribution in [0.2, 0.25) is 0 Å². The molecule has 2 unspecified atom stereocenters. The van der Waals surface area contributed by atoms with Gasteiger partial charge in [0, 0.05) is 79.9 Å². The second-order valence-corrected chi connectivity index (χ2v) is 18.8. The molecule has 0 spiro atoms. The monoisotopic (exact) mass is 956 g/mol. The van der Waals surface area contributed by atoms with Gasteiger partial charge in [0.25, 0.3) is 11.8 Å². The predicted molar refractivity (Wildman–Crippen MR) is 253 cm³/mol. The number of anilines is 4. The quantitative estimate of drug-likeness (QED) is 0.0953. The lowest BCUT2D eigenvalue weighted by Crippen LogP contribution is -2.52. The lowest BCUT2D eigenvalue weighted by atomic mass is 10.0. The predicted octanol–water partition coefficient (Wildman–Crippen LogP) is 5.28. The minimum Gasteiger partial charge on any atom is -0.377 e. The van der Waals surface area contributed by atoms with Crippen molar-refractivity contribution in [3.05, 3.63) is 90.5 Å². The van der Waals surface area contributed by atoms with E-state index in [0.717, 1.165) is 33.0 Å². The van der Waals surface area contributed by atoms with E-state index in [-0.39, 0.29) is 54.9 Å². The summed E-state index contributed by atoms with van der Waals surface area (Å²) in [6.07, 6.45) is 2.01. The molecule has 354 valence electrons. The summed E-state index contributed by atoms with van der Waals surface area (Å²) in [4.78, 5) is 107. The van der Waals surface area contributed by atoms with E-state index >= 15 is 0 Å². The maximum atomic E-state index is 14.2. The number of rotatable bonds is 13. The van der Waals surface area contributed by atoms with Crippen molar-refractivity contribution in [3.8, 4) is 0 Å². The Morgan fingerprint density at radius 3 is 1.57 bits per heavy atom. The fraction of sp³-hybridized carbons (Fsp3) is 0.391. The van der Waals surface area contributed by atoms with Gasteiger partial charge in [-0.05, 0) is 92.3 Å². The van der Waals surface area contributed by atoms with Gasteiger partial charge in [0.1, 0.15) is 17.9 Å². The molecule has 6 N–H and O–H groups in total. The van der Waals surface area contributed by atoms with Crippen molar-refractivity contribution in [1.29, 1.82) is 0 Å². The van der Waals surface area contributed by atoms with E-state index in [0.29, 0.717) is 72.4 Å². The lowest BCUT2D eigenvalue weighted by molar-refractivity contribution is -0.138. The molecule has 4 aromatic rings. The molecule has 21 heteroatoms. The fourth-order valence-electron chi connectivity index (χ4n) is 8.42. The van der Waals surface area contributed by atoms with Gasteiger partial charge >= 0.3 is 12.1 Å². The summed E-state index contributed by atoms with van der Waals surface area (Å²) in [7, 11) is 3.94. The summed E-state index contributed by atoms with van der Waals surface area (Å²) < 4.78 is 14.2. The highest BCUT2D eigenvalue weighted by Gasteiger charge is 2.41. The molecule has 2 atom stereocenters. The van der Waals surface area contributed by atoms with Crippen LogP contribution in [0, 0.1) is 5.82 Å². The number of nitrogens with one attached hydrogen (secondary N) is 6. The Hall–Kier alpha value is -6.87. The second-order valence-electron chi connectivity index (χ2n) is 16.5. The smallest absolute Gasteiger partial charge is 0.319 e. The van der Waals surface area contributed by atoms with Crippen LogP contribution in [0.25, 0.3) is 0 Å². The second kappa shape index (κ2) is 20.7. The number of hydrogen-bond acceptors (Lipinski definition) is 12. The zero-order valence-corrected chi connectivity index (χ0v) is 39.4. The Balaban J connectivity index is 0.000000199. The van der Waals surface area contributed by atoms with E-state index in [4.69, 9.17) is 0 Å². The molecule has 0 bridgehead atoms. The first-order valence-electron chi connectivity index (χ1n) is 22.0. The summed E-state index contributed by atoms with van der Waals surface area (Å²) in [5.41, 5.74) is 5.52. The number of urea groups is 2. The van der Waals surface area contributed by atoms with Gasteiger partial charge in [0.05, 0.1) is 28.5 Å². The van der Waals surface area contributed by atoms with Gasteiger partial charge in [0.15, 0.2) is 0 Å². The highest BCUT2D eigenvalue weighted by atomic mass is 32.1. The van der Waals surface area contributed by atoms with Crippen molar-refractivity contribution in [3.63, 3.8) is 0 Å². The Kier molecular flexibility index (Phi) is 14.9. The van der Waals surface area contributed by atoms with Crippen LogP contribution in [-0.4, -0.2) is 96.6 Å². The number of nitrogens with zero attached hydrogens (tertiary/aromatic N) is 4. The Morgan fingerprint density at radius 2 is 1.15 bits per heavy atom. The summed E-state index contributed by atoms with van der Waals surface area (Å²) >= 11 is 2.59. The van der Waals surface area contributed by atoms with Gasteiger partial charge in [-0.1, -0.05) is 13.0 Å². The van der Waals surface area contributed by atoms with Crippen LogP contribution in [0.4, 0.5) is 36.7 Å². The summed E-state index contributed by atoms with van der Waals surface area (Å²) in [5.74, 6) is -2.27. The first kappa shape index (κ1) is 48.1. The molecule has 0 aliphatic carbocycles. The molecule has 10 amide bonds. The van der Waals surface area contributed by atoms with Gasteiger partial charge in [0.2, 0.25) is 23.6 Å². The highest BCUT2D eigenvalue weighted by molar-refractivity contribution is 7.14. The number of imide groups is 2. The number of hydrogen-bond donors (Lipinski definition) is 6. The van der Waals surface area contributed by atoms with E-state index in [1.165, 1.54) is 50.2 Å². The maximum Gasteiger partial charge on any atom is 0.319 e. The highest BCUT2D eigenvalue weighted by Crippen LogP contribution is 2.35. The standard InChI is InChI=1S/C23H26FN5O4S.C23H27N5O4S/c1-3-28(4-2)18-10-14(5-6-16(18)24)26-23(33)25-11-15-9-13-12-29(22(32)20(13)34-15)17-7-8-19(30)27-21(17)31;1-4-13-5-6-15(10-18(13)27(2)3)25-23(32)24-11-16-9-14-12-28(22(31)20(14)33-16)17-7-8-19(29)26-21(17)30/h5-6,9-10,17H,3-4,7-8,11-12H2,1-2H3,(H2,25,26,33)(H,27,30,31);5-6,9-10,17H,4,7-8,11-12H2,1-3H3,(H2,24,25,32)(H,26,29,30). The SMILES string of the molecule is CCN(CC)c1cc(NC(=O)NCc2cc3c(s2)C(=O)N(C2CCC(=O)NC2=O)C3)ccc1F.CCc1ccc(NC(=O)NCc2cc3c(s2)C(=O)N(C2CCC(=O)NC2=O)C3)cc1N(C)C. The molecule has 18 nitrogen and oxygen atoms in total. The third kappa shape index (κ3) is 10.9. The van der Waals surface area contributed by atoms with Gasteiger partial charge in [-0.3, -0.25) is 39.4 Å². The number of aryl methyl sites for hydroxylation is 1. The molecule has 0 radical (unpaired) electrons. The minimum atomic E-state index is -0.644. The van der Waals surface area contributed by atoms with E-state index in [1.54, 1.807) is 6.07 Å². The van der Waals surface area contributed by atoms with Crippen LogP contribution in [-0.2, 0) is 51.8 Å². The molecular formula is C46H53FN10O8S2. The molecule has 67 heavy (non-hydrogen) atoms. The van der Waals surface area contributed by atoms with Crippen molar-refractivity contribution in [2.24, 2.45) is 0 Å². The summed E-state index contributed by atoms with van der Waals surface area (Å²) in [6, 6.07) is 12.0. The molecule has 8 rings (SSSR count). The van der Waals surface area contributed by atoms with Gasteiger partial charge in [-0.2, -0.15) is 0 Å². The average molecular weight is 957 g/mol. The normalized spacial score (nSPS) is 17.5. The van der Waals surface area contributed by atoms with Crippen LogP contribution in [0.3, 0.4) is 0 Å². The molecule has 2 saturated heterocycles. The molecule has 0 saturated carbocycles. The number of carbonyl (C=O) groups is 8. The molecule has 4 aliphatic rings. The Bertz CT molecular complexity index is 2630. The van der Waals surface area contributed by atoms with Crippen molar-refractivity contribution in [2.45, 2.75) is 91.1 Å². The first-order chi connectivity index (χ1) is 32.1. The number of benzene rings is 2. The Morgan fingerprint density at radius 1 is 0.687 bits per heavy atom. The zero-order chi connectivity index (χ0) is 48.1. The molecule has 6 heterocycles. The fourth-order valence-corrected chi connectivity index (χ4v) is 10.6. The van der Waals surface area contributed by atoms with Crippen molar-refractivity contribution in [1.82, 2.24) is 31.1 Å². The first-order valence-corrected chi connectivity index (χ1v) is 23.7. The number of amides is 10. The van der Waals surface area contributed by atoms with Crippen molar-refractivity contribution in [2.75, 3.05) is 47.6 Å². The number of thiophene rings is 2. The molecule has 2 fully saturated rings. The van der Waals surface area contributed by atoms with E-state index in [9.17, 15) is 42.7 Å². The largest absolute Gasteiger partial charge is 0.377 e.